The van der Waals surface area contributed by atoms with E-state index >= 15 is 0 Å². The molecular formula is C14H19F2N3. The van der Waals surface area contributed by atoms with Gasteiger partial charge in [0.2, 0.25) is 0 Å². The number of fused-ring (bicyclic) bond motifs is 3. The Morgan fingerprint density at radius 3 is 2.42 bits per heavy atom. The van der Waals surface area contributed by atoms with E-state index in [4.69, 9.17) is 5.73 Å². The van der Waals surface area contributed by atoms with E-state index in [1.54, 1.807) is 19.1 Å². The smallest absolute Gasteiger partial charge is 0.163 e. The van der Waals surface area contributed by atoms with Crippen molar-refractivity contribution >= 4 is 0 Å². The van der Waals surface area contributed by atoms with E-state index in [-0.39, 0.29) is 6.04 Å². The number of rotatable bonds is 2. The monoisotopic (exact) mass is 267 g/mol. The molecule has 0 aromatic heterocycles. The number of piperazine rings is 3. The highest BCUT2D eigenvalue weighted by Gasteiger charge is 2.37. The molecule has 2 unspecified atom stereocenters. The summed E-state index contributed by atoms with van der Waals surface area (Å²) in [6, 6.07) is 2.83. The Balaban J connectivity index is 1.88. The minimum Gasteiger partial charge on any atom is -0.323 e. The van der Waals surface area contributed by atoms with Crippen LogP contribution in [0.25, 0.3) is 0 Å². The molecule has 3 aliphatic rings. The second-order valence-electron chi connectivity index (χ2n) is 5.53. The molecule has 3 heterocycles. The largest absolute Gasteiger partial charge is 0.323 e. The first-order valence-electron chi connectivity index (χ1n) is 6.74. The van der Waals surface area contributed by atoms with E-state index in [1.807, 2.05) is 0 Å². The van der Waals surface area contributed by atoms with Crippen LogP contribution in [-0.4, -0.2) is 48.6 Å². The molecule has 3 fully saturated rings. The van der Waals surface area contributed by atoms with Crippen molar-refractivity contribution < 1.29 is 8.78 Å². The van der Waals surface area contributed by atoms with Gasteiger partial charge in [0.25, 0.3) is 0 Å². The Morgan fingerprint density at radius 2 is 1.84 bits per heavy atom. The van der Waals surface area contributed by atoms with Gasteiger partial charge in [0.15, 0.2) is 11.6 Å². The van der Waals surface area contributed by atoms with Gasteiger partial charge in [-0.1, -0.05) is 12.1 Å². The van der Waals surface area contributed by atoms with Gasteiger partial charge in [0, 0.05) is 50.4 Å². The van der Waals surface area contributed by atoms with Crippen molar-refractivity contribution in [2.24, 2.45) is 5.73 Å². The highest BCUT2D eigenvalue weighted by Crippen LogP contribution is 2.28. The van der Waals surface area contributed by atoms with Gasteiger partial charge in [-0.25, -0.2) is 8.78 Å². The molecule has 0 radical (unpaired) electrons. The quantitative estimate of drug-likeness (QED) is 0.876. The third kappa shape index (κ3) is 2.16. The molecule has 1 aromatic carbocycles. The number of nitrogens with two attached hydrogens (primary N) is 1. The van der Waals surface area contributed by atoms with Crippen LogP contribution >= 0.6 is 0 Å². The van der Waals surface area contributed by atoms with E-state index in [2.05, 4.69) is 9.80 Å². The zero-order valence-corrected chi connectivity index (χ0v) is 11.1. The molecule has 4 rings (SSSR count). The molecule has 2 atom stereocenters. The number of hydrogen-bond donors (Lipinski definition) is 1. The molecule has 3 aliphatic heterocycles. The average molecular weight is 267 g/mol. The van der Waals surface area contributed by atoms with Crippen LogP contribution in [0.5, 0.6) is 0 Å². The molecule has 104 valence electrons. The van der Waals surface area contributed by atoms with Crippen LogP contribution in [0.1, 0.15) is 17.2 Å². The van der Waals surface area contributed by atoms with Crippen molar-refractivity contribution in [3.8, 4) is 0 Å². The molecule has 0 spiro atoms. The van der Waals surface area contributed by atoms with Crippen LogP contribution in [0.15, 0.2) is 12.1 Å². The molecule has 0 aliphatic carbocycles. The van der Waals surface area contributed by atoms with Gasteiger partial charge in [-0.3, -0.25) is 9.80 Å². The zero-order valence-electron chi connectivity index (χ0n) is 11.1. The molecule has 3 nitrogen and oxygen atoms in total. The lowest BCUT2D eigenvalue weighted by molar-refractivity contribution is 0.00163. The van der Waals surface area contributed by atoms with Gasteiger partial charge >= 0.3 is 0 Å². The Hall–Kier alpha value is -1.04. The standard InChI is InChI=1S/C14H19F2N3/c1-9-2-3-10(13(16)12(9)15)14(17)11-8-18-4-6-19(11)7-5-18/h2-3,11,14H,4-8,17H2,1H3. The fourth-order valence-corrected chi connectivity index (χ4v) is 3.12. The highest BCUT2D eigenvalue weighted by molar-refractivity contribution is 5.29. The fourth-order valence-electron chi connectivity index (χ4n) is 3.12. The minimum atomic E-state index is -0.787. The molecule has 0 amide bonds. The van der Waals surface area contributed by atoms with Gasteiger partial charge in [0.05, 0.1) is 0 Å². The van der Waals surface area contributed by atoms with E-state index in [9.17, 15) is 8.78 Å². The second kappa shape index (κ2) is 4.81. The SMILES string of the molecule is Cc1ccc(C(N)C2CN3CCN2CC3)c(F)c1F. The van der Waals surface area contributed by atoms with Crippen molar-refractivity contribution in [1.29, 1.82) is 0 Å². The van der Waals surface area contributed by atoms with Crippen LogP contribution < -0.4 is 5.73 Å². The zero-order chi connectivity index (χ0) is 13.6. The van der Waals surface area contributed by atoms with E-state index in [0.717, 1.165) is 32.7 Å². The molecule has 19 heavy (non-hydrogen) atoms. The predicted octanol–water partition coefficient (Wildman–Crippen LogP) is 1.27. The van der Waals surface area contributed by atoms with Gasteiger partial charge in [-0.05, 0) is 12.5 Å². The summed E-state index contributed by atoms with van der Waals surface area (Å²) in [7, 11) is 0. The summed E-state index contributed by atoms with van der Waals surface area (Å²) in [5.41, 5.74) is 6.82. The number of aryl methyl sites for hydroxylation is 1. The Morgan fingerprint density at radius 1 is 1.16 bits per heavy atom. The number of benzene rings is 1. The molecule has 5 heteroatoms. The fraction of sp³-hybridized carbons (Fsp3) is 0.571. The summed E-state index contributed by atoms with van der Waals surface area (Å²) >= 11 is 0. The van der Waals surface area contributed by atoms with E-state index < -0.39 is 17.7 Å². The van der Waals surface area contributed by atoms with Crippen molar-refractivity contribution in [1.82, 2.24) is 9.80 Å². The number of halogens is 2. The van der Waals surface area contributed by atoms with Crippen molar-refractivity contribution in [2.75, 3.05) is 32.7 Å². The van der Waals surface area contributed by atoms with Crippen LogP contribution in [0.4, 0.5) is 8.78 Å². The van der Waals surface area contributed by atoms with Crippen molar-refractivity contribution in [3.63, 3.8) is 0 Å². The Labute approximate surface area is 112 Å². The summed E-state index contributed by atoms with van der Waals surface area (Å²) in [6.45, 7) is 6.44. The third-order valence-electron chi connectivity index (χ3n) is 4.40. The van der Waals surface area contributed by atoms with Gasteiger partial charge in [0.1, 0.15) is 0 Å². The molecule has 3 saturated heterocycles. The van der Waals surface area contributed by atoms with E-state index in [1.165, 1.54) is 0 Å². The van der Waals surface area contributed by atoms with Gasteiger partial charge in [-0.15, -0.1) is 0 Å². The Kier molecular flexibility index (Phi) is 3.28. The molecule has 2 N–H and O–H groups in total. The normalized spacial score (nSPS) is 31.5. The predicted molar refractivity (Wildman–Crippen MR) is 69.8 cm³/mol. The van der Waals surface area contributed by atoms with Crippen LogP contribution in [0.2, 0.25) is 0 Å². The molecular weight excluding hydrogens is 248 g/mol. The van der Waals surface area contributed by atoms with Crippen molar-refractivity contribution in [2.45, 2.75) is 19.0 Å². The summed E-state index contributed by atoms with van der Waals surface area (Å²) in [5.74, 6) is -1.56. The molecule has 2 bridgehead atoms. The third-order valence-corrected chi connectivity index (χ3v) is 4.40. The first kappa shape index (κ1) is 13.0. The lowest BCUT2D eigenvalue weighted by atomic mass is 9.93. The number of nitrogens with zero attached hydrogens (tertiary/aromatic N) is 2. The van der Waals surface area contributed by atoms with Crippen LogP contribution in [0.3, 0.4) is 0 Å². The molecule has 0 saturated carbocycles. The molecule has 1 aromatic rings. The Bertz CT molecular complexity index is 484. The first-order valence-corrected chi connectivity index (χ1v) is 6.74. The van der Waals surface area contributed by atoms with Gasteiger partial charge < -0.3 is 5.73 Å². The number of hydrogen-bond acceptors (Lipinski definition) is 3. The summed E-state index contributed by atoms with van der Waals surface area (Å²) in [6.07, 6.45) is 0. The highest BCUT2D eigenvalue weighted by atomic mass is 19.2. The van der Waals surface area contributed by atoms with Gasteiger partial charge in [-0.2, -0.15) is 0 Å². The summed E-state index contributed by atoms with van der Waals surface area (Å²) in [5, 5.41) is 0. The maximum Gasteiger partial charge on any atom is 0.163 e. The average Bonchev–Trinajstić information content (AvgIpc) is 2.45. The maximum atomic E-state index is 14.0. The second-order valence-corrected chi connectivity index (χ2v) is 5.53. The lowest BCUT2D eigenvalue weighted by Gasteiger charge is -2.49. The minimum absolute atomic E-state index is 0.0825. The summed E-state index contributed by atoms with van der Waals surface area (Å²) < 4.78 is 27.7. The summed E-state index contributed by atoms with van der Waals surface area (Å²) in [4.78, 5) is 4.63. The lowest BCUT2D eigenvalue weighted by Crippen LogP contribution is -2.63. The first-order chi connectivity index (χ1) is 9.08. The van der Waals surface area contributed by atoms with Crippen LogP contribution in [0, 0.1) is 18.6 Å². The van der Waals surface area contributed by atoms with Crippen molar-refractivity contribution in [3.05, 3.63) is 34.9 Å². The topological polar surface area (TPSA) is 32.5 Å². The van der Waals surface area contributed by atoms with Crippen LogP contribution in [-0.2, 0) is 0 Å². The van der Waals surface area contributed by atoms with E-state index in [0.29, 0.717) is 11.1 Å². The maximum absolute atomic E-state index is 14.0.